The lowest BCUT2D eigenvalue weighted by Crippen LogP contribution is -2.16. The van der Waals surface area contributed by atoms with Crippen molar-refractivity contribution >= 4 is 0 Å². The third-order valence-electron chi connectivity index (χ3n) is 3.49. The van der Waals surface area contributed by atoms with Crippen LogP contribution in [-0.4, -0.2) is 0 Å². The maximum absolute atomic E-state index is 13.2. The number of rotatable bonds is 3. The van der Waals surface area contributed by atoms with Gasteiger partial charge >= 0.3 is 0 Å². The van der Waals surface area contributed by atoms with E-state index in [4.69, 9.17) is 5.73 Å². The van der Waals surface area contributed by atoms with Gasteiger partial charge in [-0.1, -0.05) is 17.7 Å². The first-order chi connectivity index (χ1) is 9.36. The molecule has 106 valence electrons. The normalized spacial score (nSPS) is 12.5. The van der Waals surface area contributed by atoms with Gasteiger partial charge < -0.3 is 5.73 Å². The second-order valence-corrected chi connectivity index (χ2v) is 5.40. The van der Waals surface area contributed by atoms with Gasteiger partial charge in [-0.05, 0) is 61.6 Å². The number of halogens is 2. The molecule has 0 radical (unpaired) electrons. The molecule has 0 heterocycles. The summed E-state index contributed by atoms with van der Waals surface area (Å²) in [6, 6.07) is 7.43. The van der Waals surface area contributed by atoms with Gasteiger partial charge in [0.25, 0.3) is 0 Å². The highest BCUT2D eigenvalue weighted by atomic mass is 19.1. The molecule has 2 rings (SSSR count). The molecule has 0 amide bonds. The quantitative estimate of drug-likeness (QED) is 0.895. The predicted molar refractivity (Wildman–Crippen MR) is 77.6 cm³/mol. The second-order valence-electron chi connectivity index (χ2n) is 5.40. The Bertz CT molecular complexity index is 592. The molecule has 1 atom stereocenters. The van der Waals surface area contributed by atoms with E-state index in [0.717, 1.165) is 22.8 Å². The van der Waals surface area contributed by atoms with Gasteiger partial charge in [-0.25, -0.2) is 8.78 Å². The van der Waals surface area contributed by atoms with Crippen molar-refractivity contribution in [3.8, 4) is 0 Å². The van der Waals surface area contributed by atoms with Crippen LogP contribution >= 0.6 is 0 Å². The monoisotopic (exact) mass is 275 g/mol. The molecule has 2 aromatic carbocycles. The summed E-state index contributed by atoms with van der Waals surface area (Å²) in [5.74, 6) is -1.13. The molecule has 0 saturated heterocycles. The Morgan fingerprint density at radius 3 is 1.90 bits per heavy atom. The topological polar surface area (TPSA) is 26.0 Å². The molecule has 2 N–H and O–H groups in total. The number of hydrogen-bond donors (Lipinski definition) is 1. The highest BCUT2D eigenvalue weighted by Gasteiger charge is 2.14. The van der Waals surface area contributed by atoms with E-state index < -0.39 is 11.6 Å². The zero-order chi connectivity index (χ0) is 14.9. The summed E-state index contributed by atoms with van der Waals surface area (Å²) in [6.07, 6.45) is 0.416. The molecule has 1 nitrogen and oxygen atoms in total. The average molecular weight is 275 g/mol. The van der Waals surface area contributed by atoms with Gasteiger partial charge in [-0.15, -0.1) is 0 Å². The molecule has 3 heteroatoms. The van der Waals surface area contributed by atoms with Gasteiger partial charge in [0.1, 0.15) is 11.6 Å². The van der Waals surface area contributed by atoms with Crippen LogP contribution in [-0.2, 0) is 6.42 Å². The minimum absolute atomic E-state index is 0.267. The Morgan fingerprint density at radius 2 is 1.40 bits per heavy atom. The fourth-order valence-corrected chi connectivity index (χ4v) is 2.86. The summed E-state index contributed by atoms with van der Waals surface area (Å²) < 4.78 is 26.4. The Hall–Kier alpha value is -1.74. The summed E-state index contributed by atoms with van der Waals surface area (Å²) in [4.78, 5) is 0. The second kappa shape index (κ2) is 5.71. The highest BCUT2D eigenvalue weighted by molar-refractivity contribution is 5.40. The summed E-state index contributed by atoms with van der Waals surface area (Å²) >= 11 is 0. The van der Waals surface area contributed by atoms with Gasteiger partial charge in [0.05, 0.1) is 0 Å². The lowest BCUT2D eigenvalue weighted by Gasteiger charge is -2.18. The maximum atomic E-state index is 13.2. The van der Waals surface area contributed by atoms with E-state index in [-0.39, 0.29) is 6.04 Å². The Kier molecular flexibility index (Phi) is 4.19. The van der Waals surface area contributed by atoms with E-state index in [0.29, 0.717) is 12.0 Å². The molecule has 0 aromatic heterocycles. The van der Waals surface area contributed by atoms with Crippen LogP contribution in [0.2, 0.25) is 0 Å². The van der Waals surface area contributed by atoms with Crippen LogP contribution < -0.4 is 5.73 Å². The van der Waals surface area contributed by atoms with Gasteiger partial charge in [0.15, 0.2) is 0 Å². The first kappa shape index (κ1) is 14.7. The van der Waals surface area contributed by atoms with Crippen molar-refractivity contribution < 1.29 is 8.78 Å². The molecule has 0 aliphatic rings. The van der Waals surface area contributed by atoms with Crippen molar-refractivity contribution in [2.24, 2.45) is 5.73 Å². The van der Waals surface area contributed by atoms with Crippen LogP contribution in [0.3, 0.4) is 0 Å². The Morgan fingerprint density at radius 1 is 0.900 bits per heavy atom. The molecule has 0 saturated carbocycles. The summed E-state index contributed by atoms with van der Waals surface area (Å²) in [5, 5.41) is 0. The maximum Gasteiger partial charge on any atom is 0.126 e. The fraction of sp³-hybridized carbons (Fsp3) is 0.294. The van der Waals surface area contributed by atoms with E-state index in [9.17, 15) is 8.78 Å². The van der Waals surface area contributed by atoms with Crippen molar-refractivity contribution in [2.75, 3.05) is 0 Å². The minimum Gasteiger partial charge on any atom is -0.324 e. The average Bonchev–Trinajstić information content (AvgIpc) is 2.25. The van der Waals surface area contributed by atoms with Crippen LogP contribution in [0.25, 0.3) is 0 Å². The molecule has 0 aliphatic carbocycles. The van der Waals surface area contributed by atoms with E-state index in [1.165, 1.54) is 17.7 Å². The summed E-state index contributed by atoms with van der Waals surface area (Å²) in [6.45, 7) is 6.07. The zero-order valence-corrected chi connectivity index (χ0v) is 12.0. The van der Waals surface area contributed by atoms with Crippen LogP contribution in [0.5, 0.6) is 0 Å². The predicted octanol–water partition coefficient (Wildman–Crippen LogP) is 4.13. The van der Waals surface area contributed by atoms with Crippen molar-refractivity contribution in [1.29, 1.82) is 0 Å². The molecule has 0 fully saturated rings. The Balaban J connectivity index is 2.30. The van der Waals surface area contributed by atoms with Crippen LogP contribution in [0, 0.1) is 32.4 Å². The standard InChI is InChI=1S/C17H19F2N/c1-10-4-11(2)17(12(3)5-10)16(20)8-13-6-14(18)9-15(19)7-13/h4-7,9,16H,8,20H2,1-3H3. The van der Waals surface area contributed by atoms with Gasteiger partial charge in [0, 0.05) is 12.1 Å². The SMILES string of the molecule is Cc1cc(C)c(C(N)Cc2cc(F)cc(F)c2)c(C)c1. The molecule has 20 heavy (non-hydrogen) atoms. The first-order valence-corrected chi connectivity index (χ1v) is 6.65. The van der Waals surface area contributed by atoms with Crippen LogP contribution in [0.1, 0.15) is 33.9 Å². The number of benzene rings is 2. The van der Waals surface area contributed by atoms with Gasteiger partial charge in [-0.2, -0.15) is 0 Å². The van der Waals surface area contributed by atoms with Gasteiger partial charge in [-0.3, -0.25) is 0 Å². The fourth-order valence-electron chi connectivity index (χ4n) is 2.86. The first-order valence-electron chi connectivity index (χ1n) is 6.65. The van der Waals surface area contributed by atoms with Crippen molar-refractivity contribution in [2.45, 2.75) is 33.2 Å². The smallest absolute Gasteiger partial charge is 0.126 e. The van der Waals surface area contributed by atoms with Crippen molar-refractivity contribution in [3.05, 3.63) is 69.8 Å². The molecular weight excluding hydrogens is 256 g/mol. The zero-order valence-electron chi connectivity index (χ0n) is 12.0. The lowest BCUT2D eigenvalue weighted by atomic mass is 9.91. The Labute approximate surface area is 118 Å². The number of aryl methyl sites for hydroxylation is 3. The molecule has 2 aromatic rings. The van der Waals surface area contributed by atoms with Crippen molar-refractivity contribution in [1.82, 2.24) is 0 Å². The van der Waals surface area contributed by atoms with E-state index in [1.54, 1.807) is 0 Å². The summed E-state index contributed by atoms with van der Waals surface area (Å²) in [7, 11) is 0. The largest absolute Gasteiger partial charge is 0.324 e. The minimum atomic E-state index is -0.565. The van der Waals surface area contributed by atoms with E-state index in [2.05, 4.69) is 12.1 Å². The van der Waals surface area contributed by atoms with Crippen LogP contribution in [0.15, 0.2) is 30.3 Å². The van der Waals surface area contributed by atoms with E-state index in [1.807, 2.05) is 20.8 Å². The third kappa shape index (κ3) is 3.23. The summed E-state index contributed by atoms with van der Waals surface area (Å²) in [5.41, 5.74) is 11.3. The molecule has 0 spiro atoms. The third-order valence-corrected chi connectivity index (χ3v) is 3.49. The van der Waals surface area contributed by atoms with Gasteiger partial charge in [0.2, 0.25) is 0 Å². The highest BCUT2D eigenvalue weighted by Crippen LogP contribution is 2.25. The van der Waals surface area contributed by atoms with Crippen LogP contribution in [0.4, 0.5) is 8.78 Å². The molecule has 0 aliphatic heterocycles. The number of nitrogens with two attached hydrogens (primary N) is 1. The van der Waals surface area contributed by atoms with E-state index >= 15 is 0 Å². The lowest BCUT2D eigenvalue weighted by molar-refractivity contribution is 0.576. The van der Waals surface area contributed by atoms with Crippen molar-refractivity contribution in [3.63, 3.8) is 0 Å². The molecule has 1 unspecified atom stereocenters. The molecule has 0 bridgehead atoms. The number of hydrogen-bond acceptors (Lipinski definition) is 1. The molecular formula is C17H19F2N.